The zero-order valence-electron chi connectivity index (χ0n) is 9.15. The van der Waals surface area contributed by atoms with E-state index in [-0.39, 0.29) is 11.0 Å². The summed E-state index contributed by atoms with van der Waals surface area (Å²) in [5.41, 5.74) is 0.761. The fraction of sp³-hybridized carbons (Fsp3) is 0.0769. The standard InChI is InChI=1S/C13H13AsO3/c15-13-8-6-11(7-9-13)10-14(16,17)12-4-2-1-3-5-12/h1-9,15H,10H2,(H,16,17). The van der Waals surface area contributed by atoms with E-state index in [0.29, 0.717) is 4.35 Å². The molecule has 1 atom stereocenters. The van der Waals surface area contributed by atoms with Crippen LogP contribution in [0.4, 0.5) is 0 Å². The Kier molecular flexibility index (Phi) is 3.41. The van der Waals surface area contributed by atoms with Crippen molar-refractivity contribution in [3.8, 4) is 5.75 Å². The molecule has 0 bridgehead atoms. The number of benzene rings is 2. The maximum absolute atomic E-state index is 12.2. The second-order valence-electron chi connectivity index (χ2n) is 3.86. The number of hydrogen-bond donors (Lipinski definition) is 2. The van der Waals surface area contributed by atoms with Crippen LogP contribution in [-0.2, 0) is 8.95 Å². The van der Waals surface area contributed by atoms with Gasteiger partial charge in [0.25, 0.3) is 0 Å². The van der Waals surface area contributed by atoms with Gasteiger partial charge in [0.1, 0.15) is 0 Å². The molecule has 0 aliphatic heterocycles. The third-order valence-corrected chi connectivity index (χ3v) is 6.48. The van der Waals surface area contributed by atoms with Gasteiger partial charge in [-0.3, -0.25) is 0 Å². The monoisotopic (exact) mass is 292 g/mol. The van der Waals surface area contributed by atoms with Gasteiger partial charge in [-0.1, -0.05) is 0 Å². The molecule has 2 aromatic rings. The molecule has 17 heavy (non-hydrogen) atoms. The molecular formula is C13H13AsO3. The first kappa shape index (κ1) is 12.0. The Bertz CT molecular complexity index is 534. The van der Waals surface area contributed by atoms with Crippen LogP contribution >= 0.6 is 0 Å². The molecule has 4 heteroatoms. The van der Waals surface area contributed by atoms with Crippen LogP contribution in [0, 0.1) is 0 Å². The van der Waals surface area contributed by atoms with Gasteiger partial charge in [0.2, 0.25) is 0 Å². The minimum atomic E-state index is -4.03. The van der Waals surface area contributed by atoms with Gasteiger partial charge >= 0.3 is 102 Å². The second-order valence-corrected chi connectivity index (χ2v) is 8.55. The van der Waals surface area contributed by atoms with Crippen LogP contribution in [0.3, 0.4) is 0 Å². The molecule has 2 aromatic carbocycles. The van der Waals surface area contributed by atoms with Crippen molar-refractivity contribution < 1.29 is 12.9 Å². The fourth-order valence-electron chi connectivity index (χ4n) is 1.60. The fourth-order valence-corrected chi connectivity index (χ4v) is 4.80. The summed E-state index contributed by atoms with van der Waals surface area (Å²) in [7, 11) is 0. The van der Waals surface area contributed by atoms with Gasteiger partial charge in [0.15, 0.2) is 0 Å². The van der Waals surface area contributed by atoms with Crippen LogP contribution in [0.1, 0.15) is 5.56 Å². The van der Waals surface area contributed by atoms with Gasteiger partial charge in [0.05, 0.1) is 0 Å². The molecule has 1 unspecified atom stereocenters. The van der Waals surface area contributed by atoms with E-state index in [1.807, 2.05) is 6.07 Å². The zero-order chi connectivity index (χ0) is 12.3. The van der Waals surface area contributed by atoms with Crippen LogP contribution in [-0.4, -0.2) is 23.0 Å². The van der Waals surface area contributed by atoms with Gasteiger partial charge in [0, 0.05) is 0 Å². The van der Waals surface area contributed by atoms with Crippen molar-refractivity contribution in [2.75, 3.05) is 0 Å². The summed E-state index contributed by atoms with van der Waals surface area (Å²) in [6, 6.07) is 15.1. The van der Waals surface area contributed by atoms with Crippen molar-refractivity contribution in [1.82, 2.24) is 0 Å². The Labute approximate surface area is 102 Å². The van der Waals surface area contributed by atoms with E-state index >= 15 is 0 Å². The number of rotatable bonds is 3. The molecule has 0 heterocycles. The molecular weight excluding hydrogens is 279 g/mol. The van der Waals surface area contributed by atoms with E-state index in [9.17, 15) is 7.84 Å². The molecule has 3 nitrogen and oxygen atoms in total. The molecule has 0 aliphatic carbocycles. The van der Waals surface area contributed by atoms with E-state index in [2.05, 4.69) is 0 Å². The third-order valence-electron chi connectivity index (χ3n) is 2.49. The summed E-state index contributed by atoms with van der Waals surface area (Å²) in [4.78, 5) is 0. The molecule has 0 saturated carbocycles. The topological polar surface area (TPSA) is 57.5 Å². The molecule has 2 rings (SSSR count). The van der Waals surface area contributed by atoms with Crippen molar-refractivity contribution >= 4 is 18.2 Å². The van der Waals surface area contributed by atoms with E-state index < -0.39 is 13.8 Å². The van der Waals surface area contributed by atoms with Gasteiger partial charge < -0.3 is 0 Å². The summed E-state index contributed by atoms with van der Waals surface area (Å²) >= 11 is -4.03. The van der Waals surface area contributed by atoms with Crippen LogP contribution in [0.25, 0.3) is 0 Å². The van der Waals surface area contributed by atoms with Crippen molar-refractivity contribution in [2.45, 2.75) is 5.21 Å². The Balaban J connectivity index is 2.23. The summed E-state index contributed by atoms with van der Waals surface area (Å²) in [6.45, 7) is 0. The van der Waals surface area contributed by atoms with Crippen molar-refractivity contribution in [3.63, 3.8) is 0 Å². The van der Waals surface area contributed by atoms with E-state index in [1.165, 1.54) is 12.1 Å². The van der Waals surface area contributed by atoms with Crippen LogP contribution in [0.2, 0.25) is 0 Å². The molecule has 0 amide bonds. The molecule has 0 aliphatic rings. The summed E-state index contributed by atoms with van der Waals surface area (Å²) in [5, 5.41) is 9.29. The minimum absolute atomic E-state index is 0.141. The first-order chi connectivity index (χ1) is 8.08. The summed E-state index contributed by atoms with van der Waals surface area (Å²) in [6.07, 6.45) is 0. The van der Waals surface area contributed by atoms with Crippen molar-refractivity contribution in [2.24, 2.45) is 0 Å². The third kappa shape index (κ3) is 3.02. The Morgan fingerprint density at radius 1 is 0.941 bits per heavy atom. The maximum atomic E-state index is 12.2. The van der Waals surface area contributed by atoms with Gasteiger partial charge in [-0.15, -0.1) is 0 Å². The normalized spacial score (nSPS) is 14.2. The average Bonchev–Trinajstić information content (AvgIpc) is 2.33. The summed E-state index contributed by atoms with van der Waals surface area (Å²) in [5.74, 6) is 0.161. The second kappa shape index (κ2) is 4.82. The molecule has 2 N–H and O–H groups in total. The quantitative estimate of drug-likeness (QED) is 0.837. The molecule has 0 saturated heterocycles. The predicted molar refractivity (Wildman–Crippen MR) is 66.5 cm³/mol. The Morgan fingerprint density at radius 3 is 2.12 bits per heavy atom. The number of phenolic OH excluding ortho intramolecular Hbond substituents is 1. The van der Waals surface area contributed by atoms with Crippen LogP contribution in [0.5, 0.6) is 5.75 Å². The molecule has 0 spiro atoms. The van der Waals surface area contributed by atoms with E-state index in [0.717, 1.165) is 5.56 Å². The van der Waals surface area contributed by atoms with E-state index in [1.54, 1.807) is 36.4 Å². The first-order valence-electron chi connectivity index (χ1n) is 5.23. The number of phenols is 1. The van der Waals surface area contributed by atoms with Gasteiger partial charge in [-0.05, 0) is 0 Å². The number of hydrogen-bond acceptors (Lipinski definition) is 2. The zero-order valence-corrected chi connectivity index (χ0v) is 11.0. The number of aromatic hydroxyl groups is 1. The molecule has 0 fully saturated rings. The molecule has 88 valence electrons. The first-order valence-corrected chi connectivity index (χ1v) is 9.10. The Hall–Kier alpha value is -1.44. The van der Waals surface area contributed by atoms with Gasteiger partial charge in [-0.2, -0.15) is 0 Å². The molecule has 0 aromatic heterocycles. The predicted octanol–water partition coefficient (Wildman–Crippen LogP) is 1.25. The van der Waals surface area contributed by atoms with Crippen molar-refractivity contribution in [3.05, 3.63) is 60.2 Å². The SMILES string of the molecule is O=[As](O)(Cc1ccc(O)cc1)c1ccccc1. The van der Waals surface area contributed by atoms with Gasteiger partial charge in [-0.25, -0.2) is 0 Å². The van der Waals surface area contributed by atoms with Crippen molar-refractivity contribution in [1.29, 1.82) is 0 Å². The van der Waals surface area contributed by atoms with Crippen LogP contribution < -0.4 is 4.35 Å². The van der Waals surface area contributed by atoms with E-state index in [4.69, 9.17) is 5.11 Å². The van der Waals surface area contributed by atoms with Crippen LogP contribution in [0.15, 0.2) is 54.6 Å². The molecule has 0 radical (unpaired) electrons. The Morgan fingerprint density at radius 2 is 1.53 bits per heavy atom. The summed E-state index contributed by atoms with van der Waals surface area (Å²) < 4.78 is 22.8. The average molecular weight is 292 g/mol.